The van der Waals surface area contributed by atoms with Crippen LogP contribution in [-0.4, -0.2) is 28.9 Å². The van der Waals surface area contributed by atoms with Crippen molar-refractivity contribution in [3.8, 4) is 0 Å². The van der Waals surface area contributed by atoms with Crippen molar-refractivity contribution in [1.82, 2.24) is 9.88 Å². The van der Waals surface area contributed by atoms with Crippen molar-refractivity contribution in [2.45, 2.75) is 32.6 Å². The molecule has 4 nitrogen and oxygen atoms in total. The number of likely N-dealkylation sites (tertiary alicyclic amines) is 1. The molecule has 6 heteroatoms. The molecule has 146 valence electrons. The fourth-order valence-electron chi connectivity index (χ4n) is 4.03. The molecule has 1 saturated heterocycles. The molecule has 1 atom stereocenters. The first-order valence-electron chi connectivity index (χ1n) is 9.70. The molecule has 0 saturated carbocycles. The Hall–Kier alpha value is -2.47. The number of amides is 1. The van der Waals surface area contributed by atoms with Gasteiger partial charge in [0.1, 0.15) is 5.82 Å². The second-order valence-electron chi connectivity index (χ2n) is 7.62. The van der Waals surface area contributed by atoms with E-state index >= 15 is 0 Å². The summed E-state index contributed by atoms with van der Waals surface area (Å²) in [6.07, 6.45) is 4.08. The lowest BCUT2D eigenvalue weighted by atomic mass is 9.91. The summed E-state index contributed by atoms with van der Waals surface area (Å²) in [7, 11) is 0. The van der Waals surface area contributed by atoms with Gasteiger partial charge in [-0.1, -0.05) is 23.5 Å². The van der Waals surface area contributed by atoms with Crippen molar-refractivity contribution < 1.29 is 9.18 Å². The van der Waals surface area contributed by atoms with Crippen molar-refractivity contribution in [2.75, 3.05) is 18.8 Å². The van der Waals surface area contributed by atoms with Crippen LogP contribution in [0.4, 0.5) is 9.52 Å². The van der Waals surface area contributed by atoms with Crippen LogP contribution in [0.5, 0.6) is 0 Å². The van der Waals surface area contributed by atoms with E-state index in [0.717, 1.165) is 60.1 Å². The Labute approximate surface area is 168 Å². The van der Waals surface area contributed by atoms with Gasteiger partial charge in [0.15, 0.2) is 5.13 Å². The molecule has 1 fully saturated rings. The molecule has 1 aliphatic heterocycles. The van der Waals surface area contributed by atoms with E-state index in [0.29, 0.717) is 16.6 Å². The van der Waals surface area contributed by atoms with Gasteiger partial charge < -0.3 is 10.6 Å². The predicted octanol–water partition coefficient (Wildman–Crippen LogP) is 4.81. The Balaban J connectivity index is 1.43. The lowest BCUT2D eigenvalue weighted by molar-refractivity contribution is 0.0668. The van der Waals surface area contributed by atoms with E-state index < -0.39 is 0 Å². The maximum atomic E-state index is 13.1. The molecule has 28 heavy (non-hydrogen) atoms. The Bertz CT molecular complexity index is 999. The van der Waals surface area contributed by atoms with Gasteiger partial charge in [0.25, 0.3) is 5.91 Å². The zero-order valence-corrected chi connectivity index (χ0v) is 16.8. The number of rotatable bonds is 4. The number of nitrogens with two attached hydrogens (primary N) is 1. The number of aromatic nitrogens is 1. The number of hydrogen-bond acceptors (Lipinski definition) is 4. The predicted molar refractivity (Wildman–Crippen MR) is 112 cm³/mol. The molecule has 1 aliphatic rings. The highest BCUT2D eigenvalue weighted by Crippen LogP contribution is 2.29. The minimum absolute atomic E-state index is 0.0865. The van der Waals surface area contributed by atoms with Crippen LogP contribution in [0.2, 0.25) is 0 Å². The maximum Gasteiger partial charge on any atom is 0.253 e. The van der Waals surface area contributed by atoms with E-state index in [4.69, 9.17) is 5.73 Å². The van der Waals surface area contributed by atoms with E-state index in [1.54, 1.807) is 0 Å². The van der Waals surface area contributed by atoms with Crippen molar-refractivity contribution in [3.05, 3.63) is 58.9 Å². The summed E-state index contributed by atoms with van der Waals surface area (Å²) in [5.74, 6) is 0.364. The molecule has 1 amide bonds. The highest BCUT2D eigenvalue weighted by molar-refractivity contribution is 7.22. The quantitative estimate of drug-likeness (QED) is 0.687. The van der Waals surface area contributed by atoms with Crippen LogP contribution >= 0.6 is 11.3 Å². The number of nitrogen functional groups attached to an aromatic ring is 1. The zero-order valence-electron chi connectivity index (χ0n) is 16.0. The first kappa shape index (κ1) is 18.9. The Morgan fingerprint density at radius 1 is 1.32 bits per heavy atom. The molecule has 0 aliphatic carbocycles. The summed E-state index contributed by atoms with van der Waals surface area (Å²) in [5, 5.41) is 0.529. The highest BCUT2D eigenvalue weighted by atomic mass is 32.1. The van der Waals surface area contributed by atoms with Crippen molar-refractivity contribution in [3.63, 3.8) is 0 Å². The number of aryl methyl sites for hydroxylation is 2. The van der Waals surface area contributed by atoms with Gasteiger partial charge >= 0.3 is 0 Å². The Morgan fingerprint density at radius 2 is 2.11 bits per heavy atom. The van der Waals surface area contributed by atoms with Crippen LogP contribution in [-0.2, 0) is 6.42 Å². The van der Waals surface area contributed by atoms with Crippen LogP contribution in [0.15, 0.2) is 36.4 Å². The minimum atomic E-state index is -0.201. The number of thiazole rings is 1. The van der Waals surface area contributed by atoms with Gasteiger partial charge in [-0.05, 0) is 73.9 Å². The van der Waals surface area contributed by atoms with E-state index in [1.807, 2.05) is 36.1 Å². The molecule has 2 heterocycles. The van der Waals surface area contributed by atoms with Crippen LogP contribution < -0.4 is 5.73 Å². The number of piperidine rings is 1. The van der Waals surface area contributed by atoms with Gasteiger partial charge in [0, 0.05) is 18.7 Å². The lowest BCUT2D eigenvalue weighted by Gasteiger charge is -2.33. The number of nitrogens with zero attached hydrogens (tertiary/aromatic N) is 2. The topological polar surface area (TPSA) is 59.2 Å². The van der Waals surface area contributed by atoms with Gasteiger partial charge in [-0.25, -0.2) is 9.37 Å². The monoisotopic (exact) mass is 397 g/mol. The molecule has 0 radical (unpaired) electrons. The number of carbonyl (C=O) groups excluding carboxylic acids is 1. The van der Waals surface area contributed by atoms with E-state index in [2.05, 4.69) is 4.98 Å². The number of anilines is 1. The lowest BCUT2D eigenvalue weighted by Crippen LogP contribution is -2.40. The van der Waals surface area contributed by atoms with Crippen LogP contribution in [0.25, 0.3) is 10.2 Å². The van der Waals surface area contributed by atoms with E-state index in [9.17, 15) is 9.18 Å². The molecule has 4 rings (SSSR count). The Kier molecular flexibility index (Phi) is 5.31. The molecule has 2 aromatic carbocycles. The summed E-state index contributed by atoms with van der Waals surface area (Å²) >= 11 is 1.42. The van der Waals surface area contributed by atoms with Gasteiger partial charge in [-0.3, -0.25) is 4.79 Å². The number of halogens is 1. The molecule has 2 N–H and O–H groups in total. The third-order valence-corrected chi connectivity index (χ3v) is 6.34. The molecule has 1 unspecified atom stereocenters. The highest BCUT2D eigenvalue weighted by Gasteiger charge is 2.25. The second kappa shape index (κ2) is 7.87. The van der Waals surface area contributed by atoms with Crippen LogP contribution in [0.1, 0.15) is 40.7 Å². The zero-order chi connectivity index (χ0) is 19.7. The smallest absolute Gasteiger partial charge is 0.253 e. The Morgan fingerprint density at radius 3 is 2.89 bits per heavy atom. The number of benzene rings is 2. The largest absolute Gasteiger partial charge is 0.375 e. The summed E-state index contributed by atoms with van der Waals surface area (Å²) in [6.45, 7) is 3.55. The second-order valence-corrected chi connectivity index (χ2v) is 8.68. The number of hydrogen-bond donors (Lipinski definition) is 1. The SMILES string of the molecule is Cc1cc(C(=O)N2CCCC(CCc3ccc(F)cc3)C2)cc2sc(N)nc12. The van der Waals surface area contributed by atoms with E-state index in [1.165, 1.54) is 23.5 Å². The minimum Gasteiger partial charge on any atom is -0.375 e. The van der Waals surface area contributed by atoms with Crippen LogP contribution in [0, 0.1) is 18.7 Å². The standard InChI is InChI=1S/C22H24FN3OS/c1-14-11-17(12-19-20(14)25-22(24)28-19)21(27)26-10-2-3-16(13-26)5-4-15-6-8-18(23)9-7-15/h6-9,11-12,16H,2-5,10,13H2,1H3,(H2,24,25). The number of carbonyl (C=O) groups is 1. The van der Waals surface area contributed by atoms with Crippen LogP contribution in [0.3, 0.4) is 0 Å². The molecule has 0 bridgehead atoms. The average molecular weight is 398 g/mol. The molecular weight excluding hydrogens is 373 g/mol. The summed E-state index contributed by atoms with van der Waals surface area (Å²) in [4.78, 5) is 19.4. The fourth-order valence-corrected chi connectivity index (χ4v) is 4.88. The molecule has 0 spiro atoms. The summed E-state index contributed by atoms with van der Waals surface area (Å²) < 4.78 is 14.0. The van der Waals surface area contributed by atoms with Gasteiger partial charge in [-0.2, -0.15) is 0 Å². The van der Waals surface area contributed by atoms with Gasteiger partial charge in [0.2, 0.25) is 0 Å². The van der Waals surface area contributed by atoms with Crippen molar-refractivity contribution in [2.24, 2.45) is 5.92 Å². The molecule has 3 aromatic rings. The summed E-state index contributed by atoms with van der Waals surface area (Å²) in [6, 6.07) is 10.6. The van der Waals surface area contributed by atoms with Crippen molar-refractivity contribution in [1.29, 1.82) is 0 Å². The third-order valence-electron chi connectivity index (χ3n) is 5.51. The third kappa shape index (κ3) is 4.02. The first-order valence-corrected chi connectivity index (χ1v) is 10.5. The normalized spacial score (nSPS) is 17.2. The van der Waals surface area contributed by atoms with Crippen molar-refractivity contribution >= 4 is 32.6 Å². The van der Waals surface area contributed by atoms with Gasteiger partial charge in [-0.15, -0.1) is 0 Å². The summed E-state index contributed by atoms with van der Waals surface area (Å²) in [5.41, 5.74) is 9.56. The van der Waals surface area contributed by atoms with Gasteiger partial charge in [0.05, 0.1) is 10.2 Å². The first-order chi connectivity index (χ1) is 13.5. The molecular formula is C22H24FN3OS. The fraction of sp³-hybridized carbons (Fsp3) is 0.364. The maximum absolute atomic E-state index is 13.1. The van der Waals surface area contributed by atoms with E-state index in [-0.39, 0.29) is 11.7 Å². The average Bonchev–Trinajstić information content (AvgIpc) is 3.08. The number of fused-ring (bicyclic) bond motifs is 1. The molecule has 1 aromatic heterocycles.